The lowest BCUT2D eigenvalue weighted by atomic mass is 9.89. The number of benzene rings is 1. The Hall–Kier alpha value is -1.59. The fourth-order valence-corrected chi connectivity index (χ4v) is 4.01. The average molecular weight is 366 g/mol. The van der Waals surface area contributed by atoms with Gasteiger partial charge in [-0.25, -0.2) is 0 Å². The summed E-state index contributed by atoms with van der Waals surface area (Å²) in [7, 11) is 0. The predicted octanol–water partition coefficient (Wildman–Crippen LogP) is 3.03. The first-order chi connectivity index (χ1) is 11.5. The van der Waals surface area contributed by atoms with Gasteiger partial charge in [0.2, 0.25) is 5.91 Å². The summed E-state index contributed by atoms with van der Waals surface area (Å²) in [5.41, 5.74) is 2.34. The van der Waals surface area contributed by atoms with E-state index in [1.807, 2.05) is 26.0 Å². The third-order valence-electron chi connectivity index (χ3n) is 5.14. The molecule has 3 N–H and O–H groups in total. The van der Waals surface area contributed by atoms with Crippen LogP contribution in [0, 0.1) is 12.8 Å². The van der Waals surface area contributed by atoms with Crippen LogP contribution >= 0.6 is 12.4 Å². The number of fused-ring (bicyclic) bond motifs is 2. The van der Waals surface area contributed by atoms with Crippen molar-refractivity contribution in [2.24, 2.45) is 5.92 Å². The SMILES string of the molecule is CCNC(=O)c1ccc(NC(=O)CC2CC3CCC(C2)N3)c(C)c1.Cl. The number of halogens is 1. The molecule has 25 heavy (non-hydrogen) atoms. The largest absolute Gasteiger partial charge is 0.352 e. The van der Waals surface area contributed by atoms with Gasteiger partial charge in [-0.1, -0.05) is 0 Å². The molecule has 0 spiro atoms. The van der Waals surface area contributed by atoms with Crippen molar-refractivity contribution < 1.29 is 9.59 Å². The Kier molecular flexibility index (Phi) is 6.85. The van der Waals surface area contributed by atoms with Gasteiger partial charge in [-0.15, -0.1) is 12.4 Å². The first-order valence-corrected chi connectivity index (χ1v) is 9.00. The molecule has 2 atom stereocenters. The molecule has 5 nitrogen and oxygen atoms in total. The van der Waals surface area contributed by atoms with Crippen LogP contribution in [0.4, 0.5) is 5.69 Å². The molecule has 0 radical (unpaired) electrons. The number of carbonyl (C=O) groups is 2. The van der Waals surface area contributed by atoms with Crippen molar-refractivity contribution in [1.82, 2.24) is 10.6 Å². The monoisotopic (exact) mass is 365 g/mol. The highest BCUT2D eigenvalue weighted by Crippen LogP contribution is 2.32. The van der Waals surface area contributed by atoms with Crippen molar-refractivity contribution in [2.45, 2.75) is 58.0 Å². The molecule has 2 saturated heterocycles. The number of anilines is 1. The summed E-state index contributed by atoms with van der Waals surface area (Å²) in [5, 5.41) is 9.41. The lowest BCUT2D eigenvalue weighted by molar-refractivity contribution is -0.117. The molecule has 2 aliphatic rings. The van der Waals surface area contributed by atoms with Crippen LogP contribution in [0.2, 0.25) is 0 Å². The molecule has 0 aliphatic carbocycles. The van der Waals surface area contributed by atoms with Crippen LogP contribution in [-0.2, 0) is 4.79 Å². The molecule has 3 rings (SSSR count). The summed E-state index contributed by atoms with van der Waals surface area (Å²) in [6.45, 7) is 4.42. The topological polar surface area (TPSA) is 70.2 Å². The number of hydrogen-bond donors (Lipinski definition) is 3. The molecule has 2 bridgehead atoms. The molecular weight excluding hydrogens is 338 g/mol. The highest BCUT2D eigenvalue weighted by molar-refractivity contribution is 5.96. The maximum Gasteiger partial charge on any atom is 0.251 e. The number of nitrogens with one attached hydrogen (secondary N) is 3. The smallest absolute Gasteiger partial charge is 0.251 e. The fourth-order valence-electron chi connectivity index (χ4n) is 4.01. The quantitative estimate of drug-likeness (QED) is 0.751. The maximum absolute atomic E-state index is 12.4. The van der Waals surface area contributed by atoms with Crippen LogP contribution in [0.1, 0.15) is 54.9 Å². The van der Waals surface area contributed by atoms with Crippen molar-refractivity contribution in [3.8, 4) is 0 Å². The van der Waals surface area contributed by atoms with Crippen LogP contribution < -0.4 is 16.0 Å². The second-order valence-electron chi connectivity index (χ2n) is 7.12. The zero-order chi connectivity index (χ0) is 17.1. The molecule has 2 fully saturated rings. The van der Waals surface area contributed by atoms with Gasteiger partial charge in [0.15, 0.2) is 0 Å². The van der Waals surface area contributed by atoms with Crippen LogP contribution in [0.5, 0.6) is 0 Å². The Morgan fingerprint density at radius 3 is 2.48 bits per heavy atom. The standard InChI is InChI=1S/C19H27N3O2.ClH/c1-3-20-19(24)14-4-7-17(12(2)8-14)22-18(23)11-13-9-15-5-6-16(10-13)21-15;/h4,7-8,13,15-16,21H,3,5-6,9-11H2,1-2H3,(H,20,24)(H,22,23);1H. The molecule has 6 heteroatoms. The number of hydrogen-bond acceptors (Lipinski definition) is 3. The van der Waals surface area contributed by atoms with E-state index in [1.165, 1.54) is 12.8 Å². The van der Waals surface area contributed by atoms with Crippen LogP contribution in [0.3, 0.4) is 0 Å². The Morgan fingerprint density at radius 1 is 1.20 bits per heavy atom. The van der Waals surface area contributed by atoms with Crippen molar-refractivity contribution in [3.05, 3.63) is 29.3 Å². The minimum absolute atomic E-state index is 0. The first kappa shape index (κ1) is 19.7. The minimum atomic E-state index is -0.0799. The Balaban J connectivity index is 0.00000225. The molecule has 138 valence electrons. The summed E-state index contributed by atoms with van der Waals surface area (Å²) >= 11 is 0. The van der Waals surface area contributed by atoms with Crippen molar-refractivity contribution in [3.63, 3.8) is 0 Å². The normalized spacial score (nSPS) is 24.3. The number of aryl methyl sites for hydroxylation is 1. The molecule has 1 aromatic carbocycles. The van der Waals surface area contributed by atoms with E-state index in [9.17, 15) is 9.59 Å². The van der Waals surface area contributed by atoms with E-state index in [0.29, 0.717) is 36.5 Å². The van der Waals surface area contributed by atoms with Gasteiger partial charge < -0.3 is 16.0 Å². The van der Waals surface area contributed by atoms with Crippen molar-refractivity contribution in [1.29, 1.82) is 0 Å². The third-order valence-corrected chi connectivity index (χ3v) is 5.14. The van der Waals surface area contributed by atoms with Gasteiger partial charge in [0.05, 0.1) is 0 Å². The van der Waals surface area contributed by atoms with Crippen molar-refractivity contribution in [2.75, 3.05) is 11.9 Å². The highest BCUT2D eigenvalue weighted by atomic mass is 35.5. The predicted molar refractivity (Wildman–Crippen MR) is 102 cm³/mol. The summed E-state index contributed by atoms with van der Waals surface area (Å²) < 4.78 is 0. The molecule has 0 aromatic heterocycles. The minimum Gasteiger partial charge on any atom is -0.352 e. The lowest BCUT2D eigenvalue weighted by Crippen LogP contribution is -2.39. The Labute approximate surface area is 155 Å². The van der Waals surface area contributed by atoms with Crippen LogP contribution in [0.15, 0.2) is 18.2 Å². The van der Waals surface area contributed by atoms with Gasteiger partial charge >= 0.3 is 0 Å². The van der Waals surface area contributed by atoms with E-state index in [1.54, 1.807) is 6.07 Å². The third kappa shape index (κ3) is 4.95. The molecule has 0 saturated carbocycles. The molecule has 2 heterocycles. The van der Waals surface area contributed by atoms with E-state index in [2.05, 4.69) is 16.0 Å². The number of rotatable bonds is 5. The summed E-state index contributed by atoms with van der Waals surface area (Å²) in [6, 6.07) is 6.63. The first-order valence-electron chi connectivity index (χ1n) is 9.00. The number of amides is 2. The Bertz CT molecular complexity index is 623. The zero-order valence-electron chi connectivity index (χ0n) is 14.9. The van der Waals surface area contributed by atoms with Gasteiger partial charge in [0, 0.05) is 36.3 Å². The highest BCUT2D eigenvalue weighted by Gasteiger charge is 2.34. The molecule has 2 amide bonds. The molecule has 2 aliphatic heterocycles. The van der Waals surface area contributed by atoms with Crippen LogP contribution in [0.25, 0.3) is 0 Å². The van der Waals surface area contributed by atoms with Gasteiger partial charge in [-0.3, -0.25) is 9.59 Å². The second-order valence-corrected chi connectivity index (χ2v) is 7.12. The van der Waals surface area contributed by atoms with E-state index < -0.39 is 0 Å². The molecule has 2 unspecified atom stereocenters. The molecular formula is C19H28ClN3O2. The van der Waals surface area contributed by atoms with E-state index in [4.69, 9.17) is 0 Å². The molecule has 1 aromatic rings. The van der Waals surface area contributed by atoms with Gasteiger partial charge in [0.1, 0.15) is 0 Å². The fraction of sp³-hybridized carbons (Fsp3) is 0.579. The van der Waals surface area contributed by atoms with Gasteiger partial charge in [-0.05, 0) is 69.2 Å². The maximum atomic E-state index is 12.4. The van der Waals surface area contributed by atoms with Crippen LogP contribution in [-0.4, -0.2) is 30.4 Å². The van der Waals surface area contributed by atoms with Gasteiger partial charge in [0.25, 0.3) is 5.91 Å². The Morgan fingerprint density at radius 2 is 1.88 bits per heavy atom. The van der Waals surface area contributed by atoms with Crippen molar-refractivity contribution >= 4 is 29.9 Å². The zero-order valence-corrected chi connectivity index (χ0v) is 15.7. The average Bonchev–Trinajstić information content (AvgIpc) is 2.88. The van der Waals surface area contributed by atoms with Gasteiger partial charge in [-0.2, -0.15) is 0 Å². The summed E-state index contributed by atoms with van der Waals surface area (Å²) in [4.78, 5) is 24.2. The van der Waals surface area contributed by atoms with E-state index >= 15 is 0 Å². The van der Waals surface area contributed by atoms with E-state index in [-0.39, 0.29) is 24.2 Å². The second kappa shape index (κ2) is 8.68. The van der Waals surface area contributed by atoms with E-state index in [0.717, 1.165) is 24.1 Å². The lowest BCUT2D eigenvalue weighted by Gasteiger charge is -2.28. The summed E-state index contributed by atoms with van der Waals surface area (Å²) in [5.74, 6) is 0.484. The number of piperidine rings is 1. The number of carbonyl (C=O) groups excluding carboxylic acids is 2. The summed E-state index contributed by atoms with van der Waals surface area (Å²) in [6.07, 6.45) is 5.32.